The second-order valence-corrected chi connectivity index (χ2v) is 14.5. The molecule has 0 saturated carbocycles. The number of nitrogens with one attached hydrogen (secondary N) is 1. The summed E-state index contributed by atoms with van der Waals surface area (Å²) in [6.45, 7) is 1.45. The van der Waals surface area contributed by atoms with E-state index in [-0.39, 0.29) is 6.17 Å². The van der Waals surface area contributed by atoms with E-state index in [0.717, 1.165) is 17.8 Å². The fourth-order valence-electron chi connectivity index (χ4n) is 7.73. The van der Waals surface area contributed by atoms with Crippen molar-refractivity contribution in [3.8, 4) is 22.9 Å². The molecule has 1 aliphatic rings. The first-order chi connectivity index (χ1) is 25.7. The quantitative estimate of drug-likeness (QED) is 0.162. The van der Waals surface area contributed by atoms with Crippen molar-refractivity contribution in [1.82, 2.24) is 20.1 Å². The van der Waals surface area contributed by atoms with E-state index in [0.29, 0.717) is 12.1 Å². The smallest absolute Gasteiger partial charge is 0.129 e. The molecule has 2 aromatic heterocycles. The molecule has 248 valence electrons. The molecule has 7 aromatic carbocycles. The van der Waals surface area contributed by atoms with Crippen LogP contribution in [0.4, 0.5) is 0 Å². The minimum absolute atomic E-state index is 0.0151. The molecular weight excluding hydrogens is 655 g/mol. The van der Waals surface area contributed by atoms with Crippen LogP contribution < -0.4 is 5.43 Å². The molecule has 1 fully saturated rings. The maximum atomic E-state index is 9.51. The van der Waals surface area contributed by atoms with Crippen molar-refractivity contribution in [1.29, 1.82) is 5.26 Å². The number of rotatable bonds is 8. The molecule has 0 spiro atoms. The Hall–Kier alpha value is -6.07. The monoisotopic (exact) mass is 687 g/mol. The third-order valence-electron chi connectivity index (χ3n) is 10.2. The minimum atomic E-state index is 0.0151. The van der Waals surface area contributed by atoms with Crippen LogP contribution in [0.1, 0.15) is 28.4 Å². The largest absolute Gasteiger partial charge is 0.309 e. The highest BCUT2D eigenvalue weighted by Crippen LogP contribution is 2.42. The number of aromatic nitrogens is 1. The first-order valence-corrected chi connectivity index (χ1v) is 18.4. The molecule has 1 saturated heterocycles. The average molecular weight is 688 g/mol. The second kappa shape index (κ2) is 12.6. The summed E-state index contributed by atoms with van der Waals surface area (Å²) >= 11 is 1.88. The van der Waals surface area contributed by atoms with Crippen molar-refractivity contribution in [3.63, 3.8) is 0 Å². The highest BCUT2D eigenvalue weighted by atomic mass is 32.1. The van der Waals surface area contributed by atoms with E-state index in [4.69, 9.17) is 0 Å². The SMILES string of the molecule is N#Cc1cccc(C2NN2N(Cc2ccccc2)Cc2cccc(-n3c4ccccc4c4ccc(-c5cccc6c5sc5ccccc56)cc43)c2)c1. The first-order valence-electron chi connectivity index (χ1n) is 17.6. The van der Waals surface area contributed by atoms with Crippen molar-refractivity contribution in [2.24, 2.45) is 0 Å². The van der Waals surface area contributed by atoms with E-state index in [9.17, 15) is 5.26 Å². The molecule has 1 aliphatic heterocycles. The fraction of sp³-hybridized carbons (Fsp3) is 0.0652. The molecule has 6 heteroatoms. The molecule has 1 N–H and O–H groups in total. The summed E-state index contributed by atoms with van der Waals surface area (Å²) in [5.74, 6) is 0. The van der Waals surface area contributed by atoms with Crippen LogP contribution >= 0.6 is 11.3 Å². The number of hydrazine groups is 2. The maximum absolute atomic E-state index is 9.51. The summed E-state index contributed by atoms with van der Waals surface area (Å²) in [6.07, 6.45) is 0.0151. The summed E-state index contributed by atoms with van der Waals surface area (Å²) in [6, 6.07) is 60.8. The van der Waals surface area contributed by atoms with Gasteiger partial charge in [0.15, 0.2) is 0 Å². The third-order valence-corrected chi connectivity index (χ3v) is 11.4. The average Bonchev–Trinajstić information content (AvgIpc) is 3.81. The molecule has 2 unspecified atom stereocenters. The van der Waals surface area contributed by atoms with Gasteiger partial charge in [0.05, 0.1) is 22.7 Å². The molecule has 3 heterocycles. The van der Waals surface area contributed by atoms with Gasteiger partial charge in [0.2, 0.25) is 0 Å². The van der Waals surface area contributed by atoms with Crippen LogP contribution in [0.2, 0.25) is 0 Å². The Morgan fingerprint density at radius 2 is 1.35 bits per heavy atom. The third kappa shape index (κ3) is 5.36. The zero-order chi connectivity index (χ0) is 34.6. The van der Waals surface area contributed by atoms with Crippen LogP contribution in [-0.4, -0.2) is 14.7 Å². The maximum Gasteiger partial charge on any atom is 0.129 e. The van der Waals surface area contributed by atoms with Crippen LogP contribution in [-0.2, 0) is 13.1 Å². The Morgan fingerprint density at radius 3 is 2.25 bits per heavy atom. The van der Waals surface area contributed by atoms with E-state index in [1.54, 1.807) is 0 Å². The summed E-state index contributed by atoms with van der Waals surface area (Å²) in [5.41, 5.74) is 13.8. The molecular formula is C46H33N5S. The van der Waals surface area contributed by atoms with Gasteiger partial charge < -0.3 is 4.57 Å². The number of hydrogen-bond acceptors (Lipinski definition) is 5. The van der Waals surface area contributed by atoms with Gasteiger partial charge in [0.25, 0.3) is 0 Å². The number of nitrogens with zero attached hydrogens (tertiary/aromatic N) is 4. The van der Waals surface area contributed by atoms with Crippen molar-refractivity contribution in [3.05, 3.63) is 186 Å². The van der Waals surface area contributed by atoms with Gasteiger partial charge in [-0.25, -0.2) is 10.4 Å². The highest BCUT2D eigenvalue weighted by molar-refractivity contribution is 7.26. The molecule has 0 bridgehead atoms. The Morgan fingerprint density at radius 1 is 0.615 bits per heavy atom. The standard InChI is InChI=1S/C46H33N5S/c47-28-32-13-8-15-35(25-32)46-48-51(46)49(29-31-11-2-1-3-12-31)30-33-14-9-16-36(26-33)50-42-21-6-4-17-38(42)39-24-23-34(27-43(39)50)37-19-10-20-41-40-18-5-7-22-44(40)52-45(37)41/h1-27,46,48H,29-30H2. The predicted molar refractivity (Wildman–Crippen MR) is 214 cm³/mol. The van der Waals surface area contributed by atoms with Gasteiger partial charge in [-0.2, -0.15) is 10.4 Å². The topological polar surface area (TPSA) is 56.9 Å². The van der Waals surface area contributed by atoms with Crippen LogP contribution in [0.3, 0.4) is 0 Å². The van der Waals surface area contributed by atoms with E-state index in [1.807, 2.05) is 29.5 Å². The van der Waals surface area contributed by atoms with Gasteiger partial charge >= 0.3 is 0 Å². The van der Waals surface area contributed by atoms with Gasteiger partial charge in [-0.3, -0.25) is 0 Å². The zero-order valence-electron chi connectivity index (χ0n) is 28.3. The number of para-hydroxylation sites is 1. The summed E-state index contributed by atoms with van der Waals surface area (Å²) < 4.78 is 5.07. The van der Waals surface area contributed by atoms with Crippen LogP contribution in [0.15, 0.2) is 164 Å². The van der Waals surface area contributed by atoms with Crippen molar-refractivity contribution < 1.29 is 0 Å². The molecule has 52 heavy (non-hydrogen) atoms. The first kappa shape index (κ1) is 30.7. The lowest BCUT2D eigenvalue weighted by atomic mass is 10.0. The Kier molecular flexibility index (Phi) is 7.45. The van der Waals surface area contributed by atoms with Gasteiger partial charge in [-0.1, -0.05) is 121 Å². The zero-order valence-corrected chi connectivity index (χ0v) is 29.1. The predicted octanol–water partition coefficient (Wildman–Crippen LogP) is 11.1. The van der Waals surface area contributed by atoms with Crippen molar-refractivity contribution >= 4 is 53.3 Å². The lowest BCUT2D eigenvalue weighted by Crippen LogP contribution is -2.30. The lowest BCUT2D eigenvalue weighted by molar-refractivity contribution is 0.0406. The molecule has 0 amide bonds. The summed E-state index contributed by atoms with van der Waals surface area (Å²) in [7, 11) is 0. The van der Waals surface area contributed by atoms with E-state index >= 15 is 0 Å². The molecule has 2 atom stereocenters. The van der Waals surface area contributed by atoms with E-state index < -0.39 is 0 Å². The van der Waals surface area contributed by atoms with Crippen molar-refractivity contribution in [2.45, 2.75) is 19.3 Å². The highest BCUT2D eigenvalue weighted by Gasteiger charge is 2.40. The van der Waals surface area contributed by atoms with Crippen molar-refractivity contribution in [2.75, 3.05) is 0 Å². The van der Waals surface area contributed by atoms with Crippen LogP contribution in [0.25, 0.3) is 58.8 Å². The molecule has 5 nitrogen and oxygen atoms in total. The van der Waals surface area contributed by atoms with Crippen LogP contribution in [0.5, 0.6) is 0 Å². The number of fused-ring (bicyclic) bond motifs is 6. The minimum Gasteiger partial charge on any atom is -0.309 e. The molecule has 0 radical (unpaired) electrons. The summed E-state index contributed by atoms with van der Waals surface area (Å²) in [5, 5.41) is 19.2. The van der Waals surface area contributed by atoms with Gasteiger partial charge in [-0.15, -0.1) is 11.3 Å². The van der Waals surface area contributed by atoms with Gasteiger partial charge in [0.1, 0.15) is 6.17 Å². The lowest BCUT2D eigenvalue weighted by Gasteiger charge is -2.23. The Bertz CT molecular complexity index is 2830. The second-order valence-electron chi connectivity index (χ2n) is 13.5. The van der Waals surface area contributed by atoms with Gasteiger partial charge in [-0.05, 0) is 70.3 Å². The molecule has 0 aliphatic carbocycles. The van der Waals surface area contributed by atoms with Crippen LogP contribution in [0, 0.1) is 11.3 Å². The number of thiophene rings is 1. The normalized spacial score (nSPS) is 15.5. The van der Waals surface area contributed by atoms with E-state index in [1.165, 1.54) is 64.2 Å². The number of nitriles is 1. The van der Waals surface area contributed by atoms with E-state index in [2.05, 4.69) is 172 Å². The number of hydrogen-bond donors (Lipinski definition) is 1. The summed E-state index contributed by atoms with van der Waals surface area (Å²) in [4.78, 5) is 0. The van der Waals surface area contributed by atoms with Gasteiger partial charge in [0, 0.05) is 49.7 Å². The molecule has 9 aromatic rings. The Labute approximate surface area is 305 Å². The number of benzene rings is 7. The molecule has 10 rings (SSSR count). The fourth-order valence-corrected chi connectivity index (χ4v) is 8.97. The Balaban J connectivity index is 1.05.